The number of carbonyl (C=O) groups excluding carboxylic acids is 1. The van der Waals surface area contributed by atoms with Crippen LogP contribution < -0.4 is 11.1 Å². The fourth-order valence-electron chi connectivity index (χ4n) is 1.97. The molecule has 2 rings (SSSR count). The van der Waals surface area contributed by atoms with Gasteiger partial charge >= 0.3 is 0 Å². The predicted octanol–water partition coefficient (Wildman–Crippen LogP) is 0.414. The van der Waals surface area contributed by atoms with Gasteiger partial charge in [-0.3, -0.25) is 4.79 Å². The maximum absolute atomic E-state index is 11.4. The molecule has 6 heteroatoms. The summed E-state index contributed by atoms with van der Waals surface area (Å²) in [5.74, 6) is 0.567. The van der Waals surface area contributed by atoms with Gasteiger partial charge in [0.05, 0.1) is 0 Å². The summed E-state index contributed by atoms with van der Waals surface area (Å²) in [6.45, 7) is 2.39. The van der Waals surface area contributed by atoms with Crippen LogP contribution in [0.4, 0.5) is 0 Å². The average Bonchev–Trinajstić information content (AvgIpc) is 2.85. The van der Waals surface area contributed by atoms with Crippen molar-refractivity contribution >= 4 is 5.91 Å². The first-order valence-corrected chi connectivity index (χ1v) is 5.58. The molecule has 1 aliphatic rings. The SMILES string of the molecule is CCNC(=O)c1noc([C@@H]2CC[C@H](N)C2)n1. The van der Waals surface area contributed by atoms with Crippen molar-refractivity contribution in [2.24, 2.45) is 5.73 Å². The van der Waals surface area contributed by atoms with E-state index in [0.717, 1.165) is 19.3 Å². The minimum absolute atomic E-state index is 0.109. The summed E-state index contributed by atoms with van der Waals surface area (Å²) in [5, 5.41) is 6.29. The minimum Gasteiger partial charge on any atom is -0.349 e. The molecule has 16 heavy (non-hydrogen) atoms. The molecule has 1 fully saturated rings. The Balaban J connectivity index is 2.04. The number of rotatable bonds is 3. The van der Waals surface area contributed by atoms with Gasteiger partial charge in [-0.2, -0.15) is 4.98 Å². The number of hydrogen-bond acceptors (Lipinski definition) is 5. The third kappa shape index (κ3) is 2.21. The van der Waals surface area contributed by atoms with Crippen LogP contribution in [0.15, 0.2) is 4.52 Å². The van der Waals surface area contributed by atoms with Crippen LogP contribution >= 0.6 is 0 Å². The third-order valence-electron chi connectivity index (χ3n) is 2.80. The largest absolute Gasteiger partial charge is 0.349 e. The molecule has 0 aromatic carbocycles. The molecule has 6 nitrogen and oxygen atoms in total. The van der Waals surface area contributed by atoms with Gasteiger partial charge in [-0.1, -0.05) is 5.16 Å². The second kappa shape index (κ2) is 4.61. The fourth-order valence-corrected chi connectivity index (χ4v) is 1.97. The highest BCUT2D eigenvalue weighted by atomic mass is 16.5. The number of carbonyl (C=O) groups is 1. The maximum Gasteiger partial charge on any atom is 0.292 e. The molecule has 0 aliphatic heterocycles. The van der Waals surface area contributed by atoms with Gasteiger partial charge in [0, 0.05) is 18.5 Å². The molecule has 1 aromatic rings. The van der Waals surface area contributed by atoms with Crippen LogP contribution in [0.25, 0.3) is 0 Å². The van der Waals surface area contributed by atoms with Crippen LogP contribution in [0.2, 0.25) is 0 Å². The number of aromatic nitrogens is 2. The van der Waals surface area contributed by atoms with E-state index in [0.29, 0.717) is 12.4 Å². The Labute approximate surface area is 93.6 Å². The molecule has 1 amide bonds. The number of nitrogens with one attached hydrogen (secondary N) is 1. The topological polar surface area (TPSA) is 94.0 Å². The zero-order chi connectivity index (χ0) is 11.5. The molecule has 1 saturated carbocycles. The van der Waals surface area contributed by atoms with Crippen LogP contribution in [-0.2, 0) is 0 Å². The molecule has 0 spiro atoms. The zero-order valence-corrected chi connectivity index (χ0v) is 9.27. The van der Waals surface area contributed by atoms with Crippen LogP contribution in [0, 0.1) is 0 Å². The summed E-state index contributed by atoms with van der Waals surface area (Å²) >= 11 is 0. The summed E-state index contributed by atoms with van der Waals surface area (Å²) < 4.78 is 5.09. The first kappa shape index (κ1) is 11.1. The number of nitrogens with zero attached hydrogens (tertiary/aromatic N) is 2. The van der Waals surface area contributed by atoms with E-state index in [1.54, 1.807) is 0 Å². The first-order chi connectivity index (χ1) is 7.70. The van der Waals surface area contributed by atoms with Gasteiger partial charge in [-0.15, -0.1) is 0 Å². The fraction of sp³-hybridized carbons (Fsp3) is 0.700. The van der Waals surface area contributed by atoms with E-state index in [1.807, 2.05) is 6.92 Å². The summed E-state index contributed by atoms with van der Waals surface area (Å²) in [5.41, 5.74) is 5.81. The van der Waals surface area contributed by atoms with Crippen LogP contribution in [-0.4, -0.2) is 28.6 Å². The van der Waals surface area contributed by atoms with Crippen molar-refractivity contribution in [2.75, 3.05) is 6.54 Å². The van der Waals surface area contributed by atoms with Gasteiger partial charge in [0.1, 0.15) is 0 Å². The number of nitrogens with two attached hydrogens (primary N) is 1. The van der Waals surface area contributed by atoms with E-state index in [1.165, 1.54) is 0 Å². The predicted molar refractivity (Wildman–Crippen MR) is 56.9 cm³/mol. The first-order valence-electron chi connectivity index (χ1n) is 5.58. The highest BCUT2D eigenvalue weighted by Gasteiger charge is 2.28. The van der Waals surface area contributed by atoms with E-state index in [2.05, 4.69) is 15.5 Å². The Morgan fingerprint density at radius 3 is 3.06 bits per heavy atom. The lowest BCUT2D eigenvalue weighted by Crippen LogP contribution is -2.23. The minimum atomic E-state index is -0.292. The Kier molecular flexibility index (Phi) is 3.19. The molecule has 3 N–H and O–H groups in total. The van der Waals surface area contributed by atoms with Gasteiger partial charge in [0.25, 0.3) is 11.7 Å². The Morgan fingerprint density at radius 2 is 2.44 bits per heavy atom. The average molecular weight is 224 g/mol. The molecule has 1 heterocycles. The molecule has 2 atom stereocenters. The van der Waals surface area contributed by atoms with E-state index in [9.17, 15) is 4.79 Å². The second-order valence-corrected chi connectivity index (χ2v) is 4.09. The lowest BCUT2D eigenvalue weighted by molar-refractivity contribution is 0.0942. The van der Waals surface area contributed by atoms with Crippen molar-refractivity contribution in [2.45, 2.75) is 38.1 Å². The molecule has 1 aliphatic carbocycles. The van der Waals surface area contributed by atoms with Crippen molar-refractivity contribution in [1.29, 1.82) is 0 Å². The molecule has 0 radical (unpaired) electrons. The number of amides is 1. The van der Waals surface area contributed by atoms with Crippen LogP contribution in [0.1, 0.15) is 48.6 Å². The lowest BCUT2D eigenvalue weighted by Gasteiger charge is -2.01. The molecule has 0 unspecified atom stereocenters. The molecular weight excluding hydrogens is 208 g/mol. The maximum atomic E-state index is 11.4. The monoisotopic (exact) mass is 224 g/mol. The number of hydrogen-bond donors (Lipinski definition) is 2. The van der Waals surface area contributed by atoms with Crippen molar-refractivity contribution in [3.05, 3.63) is 11.7 Å². The summed E-state index contributed by atoms with van der Waals surface area (Å²) in [4.78, 5) is 15.5. The smallest absolute Gasteiger partial charge is 0.292 e. The second-order valence-electron chi connectivity index (χ2n) is 4.09. The van der Waals surface area contributed by atoms with Gasteiger partial charge < -0.3 is 15.6 Å². The third-order valence-corrected chi connectivity index (χ3v) is 2.80. The van der Waals surface area contributed by atoms with Crippen molar-refractivity contribution in [3.63, 3.8) is 0 Å². The Morgan fingerprint density at radius 1 is 1.62 bits per heavy atom. The lowest BCUT2D eigenvalue weighted by atomic mass is 10.1. The quantitative estimate of drug-likeness (QED) is 0.775. The highest BCUT2D eigenvalue weighted by molar-refractivity contribution is 5.90. The van der Waals surface area contributed by atoms with Gasteiger partial charge in [0.2, 0.25) is 5.89 Å². The van der Waals surface area contributed by atoms with E-state index in [4.69, 9.17) is 10.3 Å². The summed E-state index contributed by atoms with van der Waals surface area (Å²) in [7, 11) is 0. The van der Waals surface area contributed by atoms with Gasteiger partial charge in [-0.05, 0) is 26.2 Å². The van der Waals surface area contributed by atoms with Crippen molar-refractivity contribution < 1.29 is 9.32 Å². The van der Waals surface area contributed by atoms with Crippen molar-refractivity contribution in [1.82, 2.24) is 15.5 Å². The van der Waals surface area contributed by atoms with Crippen LogP contribution in [0.5, 0.6) is 0 Å². The van der Waals surface area contributed by atoms with Gasteiger partial charge in [-0.25, -0.2) is 0 Å². The zero-order valence-electron chi connectivity index (χ0n) is 9.27. The normalized spacial score (nSPS) is 24.6. The summed E-state index contributed by atoms with van der Waals surface area (Å²) in [6.07, 6.45) is 2.79. The standard InChI is InChI=1S/C10H16N4O2/c1-2-12-9(15)8-13-10(16-14-8)6-3-4-7(11)5-6/h6-7H,2-5,11H2,1H3,(H,12,15)/t6-,7+/m1/s1. The van der Waals surface area contributed by atoms with Gasteiger partial charge in [0.15, 0.2) is 0 Å². The highest BCUT2D eigenvalue weighted by Crippen LogP contribution is 2.32. The molecular formula is C10H16N4O2. The molecule has 88 valence electrons. The van der Waals surface area contributed by atoms with Crippen molar-refractivity contribution in [3.8, 4) is 0 Å². The Bertz CT molecular complexity index is 377. The van der Waals surface area contributed by atoms with Crippen LogP contribution in [0.3, 0.4) is 0 Å². The molecule has 1 aromatic heterocycles. The Hall–Kier alpha value is -1.43. The van der Waals surface area contributed by atoms with E-state index >= 15 is 0 Å². The molecule has 0 saturated heterocycles. The van der Waals surface area contributed by atoms with E-state index < -0.39 is 0 Å². The molecule has 0 bridgehead atoms. The van der Waals surface area contributed by atoms with E-state index in [-0.39, 0.29) is 23.7 Å². The summed E-state index contributed by atoms with van der Waals surface area (Å²) in [6, 6.07) is 0.213.